The van der Waals surface area contributed by atoms with Crippen LogP contribution in [0.4, 0.5) is 10.7 Å². The molecule has 0 atom stereocenters. The van der Waals surface area contributed by atoms with Gasteiger partial charge in [0.2, 0.25) is 5.91 Å². The molecule has 0 bridgehead atoms. The number of thiazole rings is 1. The van der Waals surface area contributed by atoms with E-state index >= 15 is 0 Å². The molecule has 1 N–H and O–H groups in total. The number of para-hydroxylation sites is 1. The number of amides is 1. The number of carbonyl (C=O) groups excluding carboxylic acids is 1. The highest BCUT2D eigenvalue weighted by atomic mass is 32.1. The van der Waals surface area contributed by atoms with Gasteiger partial charge in [0, 0.05) is 6.92 Å². The van der Waals surface area contributed by atoms with Crippen LogP contribution < -0.4 is 10.1 Å². The summed E-state index contributed by atoms with van der Waals surface area (Å²) in [5.41, 5.74) is 4.31. The maximum Gasteiger partial charge on any atom is 0.221 e. The molecule has 0 saturated carbocycles. The van der Waals surface area contributed by atoms with Crippen molar-refractivity contribution in [2.45, 2.75) is 20.4 Å². The van der Waals surface area contributed by atoms with Gasteiger partial charge >= 0.3 is 0 Å². The average molecular weight is 420 g/mol. The first kappa shape index (κ1) is 19.4. The number of aromatic nitrogens is 1. The van der Waals surface area contributed by atoms with E-state index in [4.69, 9.17) is 4.99 Å². The van der Waals surface area contributed by atoms with Crippen LogP contribution in [0.15, 0.2) is 77.1 Å². The summed E-state index contributed by atoms with van der Waals surface area (Å²) >= 11 is 3.16. The van der Waals surface area contributed by atoms with Gasteiger partial charge in [-0.2, -0.15) is 0 Å². The molecule has 4 nitrogen and oxygen atoms in total. The minimum absolute atomic E-state index is 0.0854. The molecule has 0 radical (unpaired) electrons. The van der Waals surface area contributed by atoms with Crippen LogP contribution in [0.3, 0.4) is 0 Å². The predicted octanol–water partition coefficient (Wildman–Crippen LogP) is 5.83. The topological polar surface area (TPSA) is 46.4 Å². The van der Waals surface area contributed by atoms with Gasteiger partial charge in [0.05, 0.1) is 22.8 Å². The molecule has 0 fully saturated rings. The number of aryl methyl sites for hydroxylation is 1. The second-order valence-electron chi connectivity index (χ2n) is 6.74. The largest absolute Gasteiger partial charge is 0.316 e. The molecule has 4 rings (SSSR count). The molecule has 0 saturated heterocycles. The third-order valence-electron chi connectivity index (χ3n) is 4.40. The number of anilines is 1. The second kappa shape index (κ2) is 8.59. The van der Waals surface area contributed by atoms with Crippen LogP contribution in [-0.2, 0) is 11.3 Å². The summed E-state index contributed by atoms with van der Waals surface area (Å²) in [5, 5.41) is 5.88. The third kappa shape index (κ3) is 4.55. The Balaban J connectivity index is 1.92. The Morgan fingerprint density at radius 3 is 2.45 bits per heavy atom. The normalized spacial score (nSPS) is 11.6. The molecule has 2 aromatic carbocycles. The lowest BCUT2D eigenvalue weighted by atomic mass is 10.1. The molecule has 2 heterocycles. The van der Waals surface area contributed by atoms with Gasteiger partial charge in [-0.25, -0.2) is 4.99 Å². The van der Waals surface area contributed by atoms with Crippen molar-refractivity contribution in [1.29, 1.82) is 0 Å². The van der Waals surface area contributed by atoms with Crippen LogP contribution in [-0.4, -0.2) is 10.5 Å². The van der Waals surface area contributed by atoms with E-state index in [9.17, 15) is 4.79 Å². The summed E-state index contributed by atoms with van der Waals surface area (Å²) in [7, 11) is 0. The molecule has 0 aliphatic rings. The van der Waals surface area contributed by atoms with Crippen molar-refractivity contribution < 1.29 is 4.79 Å². The molecule has 0 aliphatic heterocycles. The third-order valence-corrected chi connectivity index (χ3v) is 6.27. The van der Waals surface area contributed by atoms with Gasteiger partial charge in [-0.1, -0.05) is 65.4 Å². The standard InChI is InChI=1S/C23H21N3OS2/c1-16-10-12-18(13-11-16)15-26-21(20-9-6-14-28-20)22(24-17(2)27)29-23(26)25-19-7-4-3-5-8-19/h3-14H,15H2,1-2H3,(H,24,27). The highest BCUT2D eigenvalue weighted by Crippen LogP contribution is 2.34. The van der Waals surface area contributed by atoms with Gasteiger partial charge in [0.25, 0.3) is 0 Å². The summed E-state index contributed by atoms with van der Waals surface area (Å²) in [6, 6.07) is 22.5. The van der Waals surface area contributed by atoms with Crippen molar-refractivity contribution in [2.24, 2.45) is 4.99 Å². The molecular weight excluding hydrogens is 398 g/mol. The van der Waals surface area contributed by atoms with E-state index in [1.807, 2.05) is 36.4 Å². The molecule has 1 amide bonds. The van der Waals surface area contributed by atoms with Crippen LogP contribution >= 0.6 is 22.7 Å². The zero-order chi connectivity index (χ0) is 20.2. The number of thiophene rings is 1. The number of carbonyl (C=O) groups is 1. The van der Waals surface area contributed by atoms with E-state index < -0.39 is 0 Å². The molecule has 0 spiro atoms. The Hall–Kier alpha value is -2.96. The molecule has 0 unspecified atom stereocenters. The minimum Gasteiger partial charge on any atom is -0.316 e. The van der Waals surface area contributed by atoms with E-state index in [0.717, 1.165) is 26.1 Å². The second-order valence-corrected chi connectivity index (χ2v) is 8.67. The number of rotatable bonds is 5. The maximum atomic E-state index is 11.9. The average Bonchev–Trinajstić information content (AvgIpc) is 3.33. The quantitative estimate of drug-likeness (QED) is 0.435. The smallest absolute Gasteiger partial charge is 0.221 e. The number of hydrogen-bond donors (Lipinski definition) is 1. The van der Waals surface area contributed by atoms with Crippen LogP contribution in [0.25, 0.3) is 10.6 Å². The summed E-state index contributed by atoms with van der Waals surface area (Å²) in [6.07, 6.45) is 0. The van der Waals surface area contributed by atoms with Gasteiger partial charge in [0.1, 0.15) is 5.00 Å². The number of nitrogens with zero attached hydrogens (tertiary/aromatic N) is 2. The molecular formula is C23H21N3OS2. The number of nitrogens with one attached hydrogen (secondary N) is 1. The fraction of sp³-hybridized carbons (Fsp3) is 0.130. The van der Waals surface area contributed by atoms with Crippen LogP contribution in [0.1, 0.15) is 18.1 Å². The van der Waals surface area contributed by atoms with E-state index in [-0.39, 0.29) is 5.91 Å². The lowest BCUT2D eigenvalue weighted by Gasteiger charge is -2.10. The monoisotopic (exact) mass is 419 g/mol. The SMILES string of the molecule is CC(=O)Nc1sc(=Nc2ccccc2)n(Cc2ccc(C)cc2)c1-c1cccs1. The lowest BCUT2D eigenvalue weighted by Crippen LogP contribution is -2.16. The number of benzene rings is 2. The lowest BCUT2D eigenvalue weighted by molar-refractivity contribution is -0.114. The van der Waals surface area contributed by atoms with Gasteiger partial charge in [0.15, 0.2) is 4.80 Å². The molecule has 146 valence electrons. The fourth-order valence-electron chi connectivity index (χ4n) is 3.03. The zero-order valence-corrected chi connectivity index (χ0v) is 17.9. The number of hydrogen-bond acceptors (Lipinski definition) is 4. The van der Waals surface area contributed by atoms with E-state index in [0.29, 0.717) is 6.54 Å². The molecule has 0 aliphatic carbocycles. The summed E-state index contributed by atoms with van der Waals surface area (Å²) < 4.78 is 2.19. The van der Waals surface area contributed by atoms with Gasteiger partial charge in [-0.05, 0) is 36.1 Å². The summed E-state index contributed by atoms with van der Waals surface area (Å²) in [4.78, 5) is 18.7. The van der Waals surface area contributed by atoms with E-state index in [1.54, 1.807) is 11.3 Å². The van der Waals surface area contributed by atoms with Gasteiger partial charge in [-0.3, -0.25) is 4.79 Å². The summed E-state index contributed by atoms with van der Waals surface area (Å²) in [5.74, 6) is -0.0854. The molecule has 4 aromatic rings. The van der Waals surface area contributed by atoms with Crippen LogP contribution in [0.2, 0.25) is 0 Å². The Morgan fingerprint density at radius 1 is 1.03 bits per heavy atom. The zero-order valence-electron chi connectivity index (χ0n) is 16.3. The van der Waals surface area contributed by atoms with E-state index in [1.165, 1.54) is 29.4 Å². The Labute approximate surface area is 177 Å². The van der Waals surface area contributed by atoms with Crippen molar-refractivity contribution >= 4 is 39.3 Å². The van der Waals surface area contributed by atoms with Crippen LogP contribution in [0, 0.1) is 6.92 Å². The first-order valence-electron chi connectivity index (χ1n) is 9.30. The van der Waals surface area contributed by atoms with Crippen molar-refractivity contribution in [1.82, 2.24) is 4.57 Å². The predicted molar refractivity (Wildman–Crippen MR) is 122 cm³/mol. The maximum absolute atomic E-state index is 11.9. The first-order chi connectivity index (χ1) is 14.1. The van der Waals surface area contributed by atoms with Crippen molar-refractivity contribution in [3.63, 3.8) is 0 Å². The Kier molecular flexibility index (Phi) is 5.74. The van der Waals surface area contributed by atoms with Crippen molar-refractivity contribution in [3.05, 3.63) is 88.0 Å². The minimum atomic E-state index is -0.0854. The van der Waals surface area contributed by atoms with Crippen molar-refractivity contribution in [3.8, 4) is 10.6 Å². The van der Waals surface area contributed by atoms with Crippen LogP contribution in [0.5, 0.6) is 0 Å². The highest BCUT2D eigenvalue weighted by Gasteiger charge is 2.18. The molecule has 6 heteroatoms. The molecule has 29 heavy (non-hydrogen) atoms. The first-order valence-corrected chi connectivity index (χ1v) is 11.0. The van der Waals surface area contributed by atoms with E-state index in [2.05, 4.69) is 52.5 Å². The fourth-order valence-corrected chi connectivity index (χ4v) is 5.00. The Morgan fingerprint density at radius 2 is 1.79 bits per heavy atom. The summed E-state index contributed by atoms with van der Waals surface area (Å²) in [6.45, 7) is 4.30. The highest BCUT2D eigenvalue weighted by molar-refractivity contribution is 7.16. The van der Waals surface area contributed by atoms with Gasteiger partial charge < -0.3 is 9.88 Å². The Bertz CT molecular complexity index is 1170. The van der Waals surface area contributed by atoms with Gasteiger partial charge in [-0.15, -0.1) is 11.3 Å². The van der Waals surface area contributed by atoms with Crippen molar-refractivity contribution in [2.75, 3.05) is 5.32 Å². The molecule has 2 aromatic heterocycles.